The van der Waals surface area contributed by atoms with E-state index in [1.165, 1.54) is 14.2 Å². The van der Waals surface area contributed by atoms with E-state index in [1.807, 2.05) is 38.1 Å². The Labute approximate surface area is 159 Å². The van der Waals surface area contributed by atoms with Crippen LogP contribution in [0.5, 0.6) is 0 Å². The molecule has 0 bridgehead atoms. The first-order chi connectivity index (χ1) is 12.8. The predicted molar refractivity (Wildman–Crippen MR) is 101 cm³/mol. The minimum Gasteiger partial charge on any atom is -0.489 e. The van der Waals surface area contributed by atoms with Crippen molar-refractivity contribution in [3.05, 3.63) is 58.1 Å². The van der Waals surface area contributed by atoms with Crippen molar-refractivity contribution in [3.63, 3.8) is 0 Å². The van der Waals surface area contributed by atoms with Crippen LogP contribution in [-0.4, -0.2) is 37.7 Å². The minimum atomic E-state index is -0.342. The highest BCUT2D eigenvalue weighted by Crippen LogP contribution is 2.28. The van der Waals surface area contributed by atoms with Crippen LogP contribution in [0, 0.1) is 0 Å². The Morgan fingerprint density at radius 1 is 0.963 bits per heavy atom. The Morgan fingerprint density at radius 3 is 2.00 bits per heavy atom. The van der Waals surface area contributed by atoms with Gasteiger partial charge in [0.15, 0.2) is 0 Å². The monoisotopic (exact) mass is 371 g/mol. The quantitative estimate of drug-likeness (QED) is 0.744. The number of amides is 1. The van der Waals surface area contributed by atoms with Crippen LogP contribution in [0.25, 0.3) is 0 Å². The van der Waals surface area contributed by atoms with Gasteiger partial charge in [-0.2, -0.15) is 0 Å². The van der Waals surface area contributed by atoms with Crippen LogP contribution in [0.2, 0.25) is 0 Å². The van der Waals surface area contributed by atoms with E-state index in [-0.39, 0.29) is 35.0 Å². The molecule has 0 saturated heterocycles. The van der Waals surface area contributed by atoms with Gasteiger partial charge in [-0.15, -0.1) is 0 Å². The lowest BCUT2D eigenvalue weighted by atomic mass is 9.88. The lowest BCUT2D eigenvalue weighted by molar-refractivity contribution is -0.121. The highest BCUT2D eigenvalue weighted by molar-refractivity contribution is 6.23. The van der Waals surface area contributed by atoms with Crippen LogP contribution in [0.4, 0.5) is 0 Å². The van der Waals surface area contributed by atoms with E-state index in [2.05, 4.69) is 5.32 Å². The fraction of sp³-hybridized carbons (Fsp3) is 0.381. The Balaban J connectivity index is 2.17. The van der Waals surface area contributed by atoms with Gasteiger partial charge >= 0.3 is 0 Å². The first-order valence-electron chi connectivity index (χ1n) is 8.77. The summed E-state index contributed by atoms with van der Waals surface area (Å²) in [7, 11) is 2.68. The lowest BCUT2D eigenvalue weighted by Gasteiger charge is -2.20. The number of methoxy groups -OCH3 is 2. The van der Waals surface area contributed by atoms with Crippen LogP contribution < -0.4 is 5.32 Å². The van der Waals surface area contributed by atoms with E-state index < -0.39 is 0 Å². The smallest absolute Gasteiger partial charge is 0.228 e. The number of hydrogen-bond acceptors (Lipinski definition) is 5. The molecule has 1 aliphatic carbocycles. The van der Waals surface area contributed by atoms with Crippen molar-refractivity contribution in [2.45, 2.75) is 39.7 Å². The molecule has 144 valence electrons. The summed E-state index contributed by atoms with van der Waals surface area (Å²) < 4.78 is 10.1. The van der Waals surface area contributed by atoms with Gasteiger partial charge in [-0.1, -0.05) is 24.3 Å². The SMILES string of the molecule is COC1=C(OC)C(=O)C(Cc2ccc(CC(=O)NC(C)C)cc2)=C(C)C1=O. The summed E-state index contributed by atoms with van der Waals surface area (Å²) in [5, 5.41) is 2.85. The molecule has 1 aromatic carbocycles. The maximum atomic E-state index is 12.7. The van der Waals surface area contributed by atoms with Gasteiger partial charge in [-0.05, 0) is 31.9 Å². The van der Waals surface area contributed by atoms with Crippen LogP contribution >= 0.6 is 0 Å². The average molecular weight is 371 g/mol. The van der Waals surface area contributed by atoms with Crippen molar-refractivity contribution in [2.24, 2.45) is 0 Å². The second-order valence-corrected chi connectivity index (χ2v) is 6.72. The number of carbonyl (C=O) groups excluding carboxylic acids is 3. The second kappa shape index (κ2) is 8.66. The third kappa shape index (κ3) is 4.64. The fourth-order valence-electron chi connectivity index (χ4n) is 2.94. The molecule has 1 aromatic rings. The van der Waals surface area contributed by atoms with Crippen LogP contribution in [-0.2, 0) is 36.7 Å². The van der Waals surface area contributed by atoms with Crippen molar-refractivity contribution < 1.29 is 23.9 Å². The summed E-state index contributed by atoms with van der Waals surface area (Å²) >= 11 is 0. The minimum absolute atomic E-state index is 0.0358. The first-order valence-corrected chi connectivity index (χ1v) is 8.77. The number of allylic oxidation sites excluding steroid dienone is 2. The molecule has 0 saturated carbocycles. The summed E-state index contributed by atoms with van der Waals surface area (Å²) in [6.45, 7) is 5.44. The molecule has 0 heterocycles. The molecule has 6 nitrogen and oxygen atoms in total. The fourth-order valence-corrected chi connectivity index (χ4v) is 2.94. The third-order valence-electron chi connectivity index (χ3n) is 4.31. The Bertz CT molecular complexity index is 815. The Morgan fingerprint density at radius 2 is 1.48 bits per heavy atom. The summed E-state index contributed by atoms with van der Waals surface area (Å²) in [6.07, 6.45) is 0.601. The van der Waals surface area contributed by atoms with E-state index >= 15 is 0 Å². The normalized spacial score (nSPS) is 14.7. The standard InChI is InChI=1S/C21H25NO5/c1-12(2)22-17(23)11-15-8-6-14(7-9-15)10-16-13(3)18(24)20(26-4)21(27-5)19(16)25/h6-9,12H,10-11H2,1-5H3,(H,22,23). The molecule has 0 aromatic heterocycles. The third-order valence-corrected chi connectivity index (χ3v) is 4.31. The Hall–Kier alpha value is -2.89. The molecule has 0 radical (unpaired) electrons. The maximum absolute atomic E-state index is 12.7. The molecular formula is C21H25NO5. The van der Waals surface area contributed by atoms with Gasteiger partial charge in [0.25, 0.3) is 0 Å². The predicted octanol–water partition coefficient (Wildman–Crippen LogP) is 2.27. The summed E-state index contributed by atoms with van der Waals surface area (Å²) in [5.74, 6) is -0.843. The zero-order valence-electron chi connectivity index (χ0n) is 16.3. The molecular weight excluding hydrogens is 346 g/mol. The molecule has 0 unspecified atom stereocenters. The van der Waals surface area contributed by atoms with Gasteiger partial charge in [0, 0.05) is 23.6 Å². The van der Waals surface area contributed by atoms with Gasteiger partial charge in [0.05, 0.1) is 20.6 Å². The van der Waals surface area contributed by atoms with Gasteiger partial charge in [0.1, 0.15) is 0 Å². The number of carbonyl (C=O) groups is 3. The number of ketones is 2. The average Bonchev–Trinajstić information content (AvgIpc) is 2.62. The number of benzene rings is 1. The van der Waals surface area contributed by atoms with Crippen molar-refractivity contribution in [2.75, 3.05) is 14.2 Å². The number of Topliss-reactive ketones (excluding diaryl/α,β-unsaturated/α-hetero) is 2. The number of ether oxygens (including phenoxy) is 2. The van der Waals surface area contributed by atoms with Crippen molar-refractivity contribution >= 4 is 17.5 Å². The lowest BCUT2D eigenvalue weighted by Crippen LogP contribution is -2.31. The van der Waals surface area contributed by atoms with Gasteiger partial charge in [0.2, 0.25) is 29.0 Å². The van der Waals surface area contributed by atoms with Crippen molar-refractivity contribution in [1.29, 1.82) is 0 Å². The van der Waals surface area contributed by atoms with E-state index in [0.717, 1.165) is 11.1 Å². The highest BCUT2D eigenvalue weighted by Gasteiger charge is 2.34. The molecule has 27 heavy (non-hydrogen) atoms. The molecule has 0 spiro atoms. The van der Waals surface area contributed by atoms with E-state index in [9.17, 15) is 14.4 Å². The topological polar surface area (TPSA) is 81.7 Å². The molecule has 1 aliphatic rings. The zero-order chi connectivity index (χ0) is 20.1. The highest BCUT2D eigenvalue weighted by atomic mass is 16.5. The molecule has 2 rings (SSSR count). The van der Waals surface area contributed by atoms with E-state index in [4.69, 9.17) is 9.47 Å². The summed E-state index contributed by atoms with van der Waals surface area (Å²) in [4.78, 5) is 36.9. The summed E-state index contributed by atoms with van der Waals surface area (Å²) in [5.41, 5.74) is 2.50. The van der Waals surface area contributed by atoms with Crippen molar-refractivity contribution in [1.82, 2.24) is 5.32 Å². The molecule has 0 atom stereocenters. The largest absolute Gasteiger partial charge is 0.489 e. The molecule has 6 heteroatoms. The van der Waals surface area contributed by atoms with E-state index in [1.54, 1.807) is 6.92 Å². The van der Waals surface area contributed by atoms with E-state index in [0.29, 0.717) is 24.0 Å². The first kappa shape index (κ1) is 20.4. The van der Waals surface area contributed by atoms with Crippen LogP contribution in [0.15, 0.2) is 46.9 Å². The van der Waals surface area contributed by atoms with Gasteiger partial charge in [-0.25, -0.2) is 0 Å². The number of nitrogens with one attached hydrogen (secondary N) is 1. The molecule has 1 amide bonds. The zero-order valence-corrected chi connectivity index (χ0v) is 16.3. The van der Waals surface area contributed by atoms with Gasteiger partial charge in [-0.3, -0.25) is 14.4 Å². The number of hydrogen-bond donors (Lipinski definition) is 1. The van der Waals surface area contributed by atoms with Crippen molar-refractivity contribution in [3.8, 4) is 0 Å². The van der Waals surface area contributed by atoms with Crippen LogP contribution in [0.1, 0.15) is 31.9 Å². The molecule has 0 aliphatic heterocycles. The van der Waals surface area contributed by atoms with Crippen LogP contribution in [0.3, 0.4) is 0 Å². The second-order valence-electron chi connectivity index (χ2n) is 6.72. The summed E-state index contributed by atoms with van der Waals surface area (Å²) in [6, 6.07) is 7.53. The maximum Gasteiger partial charge on any atom is 0.228 e. The molecule has 0 fully saturated rings. The van der Waals surface area contributed by atoms with Gasteiger partial charge < -0.3 is 14.8 Å². The number of rotatable bonds is 7. The molecule has 1 N–H and O–H groups in total. The Kier molecular flexibility index (Phi) is 6.55.